The molecule has 0 spiro atoms. The lowest BCUT2D eigenvalue weighted by Crippen LogP contribution is -2.40. The van der Waals surface area contributed by atoms with E-state index in [9.17, 15) is 9.59 Å². The number of aliphatic imine (C=N–C) groups is 1. The zero-order chi connectivity index (χ0) is 17.0. The Balaban J connectivity index is 2.18. The number of fused-ring (bicyclic) bond motifs is 1. The number of aromatic nitrogens is 2. The van der Waals surface area contributed by atoms with Crippen LogP contribution < -0.4 is 11.2 Å². The van der Waals surface area contributed by atoms with Crippen molar-refractivity contribution in [2.45, 2.75) is 58.9 Å². The Morgan fingerprint density at radius 1 is 1.35 bits per heavy atom. The minimum atomic E-state index is -0.302. The van der Waals surface area contributed by atoms with E-state index in [-0.39, 0.29) is 17.2 Å². The molecule has 1 aliphatic rings. The molecule has 0 fully saturated rings. The fraction of sp³-hybridized carbons (Fsp3) is 0.647. The molecule has 1 aliphatic heterocycles. The van der Waals surface area contributed by atoms with Crippen LogP contribution in [0.4, 0.5) is 5.82 Å². The molecule has 0 aliphatic carbocycles. The summed E-state index contributed by atoms with van der Waals surface area (Å²) in [5.74, 6) is 0.539. The van der Waals surface area contributed by atoms with Gasteiger partial charge in [-0.15, -0.1) is 0 Å². The molecule has 0 bridgehead atoms. The first-order valence-corrected chi connectivity index (χ1v) is 8.28. The summed E-state index contributed by atoms with van der Waals surface area (Å²) in [6.45, 7) is 4.36. The molecule has 0 aromatic carbocycles. The topological polar surface area (TPSA) is 80.2 Å². The normalized spacial score (nSPS) is 14.3. The van der Waals surface area contributed by atoms with Crippen LogP contribution in [0.2, 0.25) is 0 Å². The van der Waals surface area contributed by atoms with Crippen molar-refractivity contribution in [1.29, 1.82) is 5.26 Å². The molecule has 0 saturated heterocycles. The Kier molecular flexibility index (Phi) is 5.54. The number of hydrogen-bond acceptors (Lipinski definition) is 4. The quantitative estimate of drug-likeness (QED) is 0.724. The largest absolute Gasteiger partial charge is 0.332 e. The Hall–Kier alpha value is -2.16. The number of nitriles is 1. The van der Waals surface area contributed by atoms with Crippen LogP contribution in [0.1, 0.15) is 51.5 Å². The van der Waals surface area contributed by atoms with E-state index in [0.29, 0.717) is 24.3 Å². The molecule has 2 heterocycles. The smallest absolute Gasteiger partial charge is 0.281 e. The highest BCUT2D eigenvalue weighted by atomic mass is 16.2. The van der Waals surface area contributed by atoms with Crippen molar-refractivity contribution >= 4 is 11.5 Å². The molecule has 1 atom stereocenters. The first-order chi connectivity index (χ1) is 11.0. The number of nitrogens with zero attached hydrogens (tertiary/aromatic N) is 4. The Bertz CT molecular complexity index is 765. The monoisotopic (exact) mass is 316 g/mol. The molecule has 124 valence electrons. The van der Waals surface area contributed by atoms with Crippen LogP contribution in [0.15, 0.2) is 14.6 Å². The number of rotatable bonds is 7. The van der Waals surface area contributed by atoms with Gasteiger partial charge in [-0.3, -0.25) is 13.9 Å². The molecule has 6 heteroatoms. The first kappa shape index (κ1) is 17.2. The summed E-state index contributed by atoms with van der Waals surface area (Å²) in [6.07, 6.45) is 4.74. The molecule has 2 rings (SSSR count). The molecule has 23 heavy (non-hydrogen) atoms. The van der Waals surface area contributed by atoms with Crippen LogP contribution >= 0.6 is 0 Å². The fourth-order valence-electron chi connectivity index (χ4n) is 2.93. The van der Waals surface area contributed by atoms with Gasteiger partial charge in [-0.1, -0.05) is 19.8 Å². The summed E-state index contributed by atoms with van der Waals surface area (Å²) in [5.41, 5.74) is 1.12. The van der Waals surface area contributed by atoms with Gasteiger partial charge in [0.15, 0.2) is 0 Å². The predicted molar refractivity (Wildman–Crippen MR) is 90.3 cm³/mol. The van der Waals surface area contributed by atoms with E-state index in [1.54, 1.807) is 7.05 Å². The van der Waals surface area contributed by atoms with Gasteiger partial charge in [0, 0.05) is 31.6 Å². The minimum absolute atomic E-state index is 0.0135. The second-order valence-electron chi connectivity index (χ2n) is 6.23. The van der Waals surface area contributed by atoms with Crippen molar-refractivity contribution < 1.29 is 0 Å². The molecule has 0 amide bonds. The van der Waals surface area contributed by atoms with E-state index in [0.717, 1.165) is 37.8 Å². The average Bonchev–Trinajstić information content (AvgIpc) is 2.96. The fourth-order valence-corrected chi connectivity index (χ4v) is 2.93. The molecule has 0 unspecified atom stereocenters. The average molecular weight is 316 g/mol. The third kappa shape index (κ3) is 3.61. The molecule has 0 radical (unpaired) electrons. The number of unbranched alkanes of at least 4 members (excludes halogenated alkanes) is 1. The van der Waals surface area contributed by atoms with Crippen LogP contribution in [0.25, 0.3) is 0 Å². The van der Waals surface area contributed by atoms with Crippen molar-refractivity contribution in [3.8, 4) is 6.07 Å². The van der Waals surface area contributed by atoms with Gasteiger partial charge in [0.05, 0.1) is 11.6 Å². The minimum Gasteiger partial charge on any atom is -0.281 e. The van der Waals surface area contributed by atoms with Crippen molar-refractivity contribution in [1.82, 2.24) is 9.13 Å². The molecule has 1 aromatic rings. The lowest BCUT2D eigenvalue weighted by Gasteiger charge is -2.10. The van der Waals surface area contributed by atoms with Gasteiger partial charge >= 0.3 is 5.69 Å². The van der Waals surface area contributed by atoms with Gasteiger partial charge in [0.2, 0.25) is 0 Å². The Labute approximate surface area is 136 Å². The van der Waals surface area contributed by atoms with Gasteiger partial charge in [-0.25, -0.2) is 9.79 Å². The summed E-state index contributed by atoms with van der Waals surface area (Å²) in [4.78, 5) is 29.5. The van der Waals surface area contributed by atoms with Gasteiger partial charge in [-0.2, -0.15) is 5.26 Å². The highest BCUT2D eigenvalue weighted by molar-refractivity contribution is 5.93. The highest BCUT2D eigenvalue weighted by Gasteiger charge is 2.23. The zero-order valence-corrected chi connectivity index (χ0v) is 14.1. The van der Waals surface area contributed by atoms with Crippen molar-refractivity contribution in [2.24, 2.45) is 18.0 Å². The van der Waals surface area contributed by atoms with E-state index in [1.165, 1.54) is 9.13 Å². The standard InChI is InChI=1S/C17H24N4O2/c1-4-7-13-10-14-15(19-13)20(3)17(23)21(16(14)22)9-6-5-8-12(2)11-18/h12H,4-10H2,1-3H3/t12-/m1/s1. The molecule has 1 aromatic heterocycles. The summed E-state index contributed by atoms with van der Waals surface area (Å²) in [5, 5.41) is 8.78. The Morgan fingerprint density at radius 2 is 2.09 bits per heavy atom. The SMILES string of the molecule is CCCC1=Nc2c(c(=O)n(CCCC[C@@H](C)C#N)c(=O)n2C)C1. The van der Waals surface area contributed by atoms with E-state index >= 15 is 0 Å². The maximum Gasteiger partial charge on any atom is 0.332 e. The van der Waals surface area contributed by atoms with Crippen LogP contribution in [0.3, 0.4) is 0 Å². The van der Waals surface area contributed by atoms with Gasteiger partial charge in [0.25, 0.3) is 5.56 Å². The summed E-state index contributed by atoms with van der Waals surface area (Å²) in [6, 6.07) is 2.20. The highest BCUT2D eigenvalue weighted by Crippen LogP contribution is 2.23. The van der Waals surface area contributed by atoms with Crippen LogP contribution in [0, 0.1) is 17.2 Å². The van der Waals surface area contributed by atoms with E-state index in [2.05, 4.69) is 18.0 Å². The maximum absolute atomic E-state index is 12.6. The molecule has 0 N–H and O–H groups in total. The summed E-state index contributed by atoms with van der Waals surface area (Å²) in [7, 11) is 1.67. The maximum atomic E-state index is 12.6. The van der Waals surface area contributed by atoms with E-state index < -0.39 is 0 Å². The third-order valence-electron chi connectivity index (χ3n) is 4.28. The molecule has 0 saturated carbocycles. The van der Waals surface area contributed by atoms with Gasteiger partial charge in [0.1, 0.15) is 5.82 Å². The van der Waals surface area contributed by atoms with Gasteiger partial charge < -0.3 is 0 Å². The second-order valence-corrected chi connectivity index (χ2v) is 6.23. The van der Waals surface area contributed by atoms with E-state index in [4.69, 9.17) is 5.26 Å². The number of hydrogen-bond donors (Lipinski definition) is 0. The van der Waals surface area contributed by atoms with Gasteiger partial charge in [-0.05, 0) is 26.2 Å². The Morgan fingerprint density at radius 3 is 2.74 bits per heavy atom. The predicted octanol–water partition coefficient (Wildman–Crippen LogP) is 2.31. The molecule has 6 nitrogen and oxygen atoms in total. The van der Waals surface area contributed by atoms with Crippen molar-refractivity contribution in [3.05, 3.63) is 26.4 Å². The van der Waals surface area contributed by atoms with Crippen LogP contribution in [-0.2, 0) is 20.0 Å². The molecular formula is C17H24N4O2. The lowest BCUT2D eigenvalue weighted by molar-refractivity contribution is 0.510. The third-order valence-corrected chi connectivity index (χ3v) is 4.28. The zero-order valence-electron chi connectivity index (χ0n) is 14.1. The van der Waals surface area contributed by atoms with Crippen LogP contribution in [0.5, 0.6) is 0 Å². The van der Waals surface area contributed by atoms with Crippen molar-refractivity contribution in [2.75, 3.05) is 0 Å². The molecular weight excluding hydrogens is 292 g/mol. The summed E-state index contributed by atoms with van der Waals surface area (Å²) >= 11 is 0. The second kappa shape index (κ2) is 7.40. The first-order valence-electron chi connectivity index (χ1n) is 8.28. The van der Waals surface area contributed by atoms with E-state index in [1.807, 2.05) is 6.92 Å². The lowest BCUT2D eigenvalue weighted by atomic mass is 10.1. The summed E-state index contributed by atoms with van der Waals surface area (Å²) < 4.78 is 2.80. The van der Waals surface area contributed by atoms with Crippen LogP contribution in [-0.4, -0.2) is 14.8 Å². The van der Waals surface area contributed by atoms with Crippen molar-refractivity contribution in [3.63, 3.8) is 0 Å².